The van der Waals surface area contributed by atoms with Gasteiger partial charge < -0.3 is 0 Å². The van der Waals surface area contributed by atoms with Crippen LogP contribution in [-0.4, -0.2) is 18.0 Å². The third-order valence-electron chi connectivity index (χ3n) is 2.41. The summed E-state index contributed by atoms with van der Waals surface area (Å²) in [5, 5.41) is 0. The van der Waals surface area contributed by atoms with Crippen molar-refractivity contribution in [3.63, 3.8) is 0 Å². The molecule has 0 N–H and O–H groups in total. The molecule has 20 heavy (non-hydrogen) atoms. The zero-order chi connectivity index (χ0) is 15.6. The van der Waals surface area contributed by atoms with E-state index in [1.807, 2.05) is 0 Å². The molecule has 0 radical (unpaired) electrons. The maximum absolute atomic E-state index is 13.0. The van der Waals surface area contributed by atoms with Crippen molar-refractivity contribution in [2.75, 3.05) is 0 Å². The van der Waals surface area contributed by atoms with Gasteiger partial charge in [0.1, 0.15) is 0 Å². The molecule has 0 atom stereocenters. The monoisotopic (exact) mass is 304 g/mol. The minimum absolute atomic E-state index is 0.00891. The lowest BCUT2D eigenvalue weighted by molar-refractivity contribution is -0.347. The molecule has 0 amide bonds. The predicted octanol–water partition coefficient (Wildman–Crippen LogP) is 4.92. The van der Waals surface area contributed by atoms with Crippen molar-refractivity contribution in [1.82, 2.24) is 0 Å². The van der Waals surface area contributed by atoms with Gasteiger partial charge in [-0.25, -0.2) is 4.39 Å². The Labute approximate surface area is 108 Å². The highest BCUT2D eigenvalue weighted by atomic mass is 19.4. The fourth-order valence-electron chi connectivity index (χ4n) is 1.28. The van der Waals surface area contributed by atoms with Gasteiger partial charge in [-0.05, 0) is 18.1 Å². The molecular weight excluding hydrogens is 296 g/mol. The minimum Gasteiger partial charge on any atom is -0.205 e. The van der Waals surface area contributed by atoms with Crippen molar-refractivity contribution in [2.45, 2.75) is 24.4 Å². The van der Waals surface area contributed by atoms with Crippen LogP contribution in [0.2, 0.25) is 0 Å². The van der Waals surface area contributed by atoms with Crippen LogP contribution in [0.5, 0.6) is 0 Å². The first kappa shape index (κ1) is 16.5. The SMILES string of the molecule is F/C(=C\Cc1ccccc1)C(F)(F)C(F)(F)C(F)(F)F. The van der Waals surface area contributed by atoms with E-state index in [0.29, 0.717) is 0 Å². The van der Waals surface area contributed by atoms with Gasteiger partial charge >= 0.3 is 18.0 Å². The van der Waals surface area contributed by atoms with Gasteiger partial charge in [-0.1, -0.05) is 30.3 Å². The van der Waals surface area contributed by atoms with Crippen LogP contribution in [0.25, 0.3) is 0 Å². The molecule has 1 aromatic rings. The summed E-state index contributed by atoms with van der Waals surface area (Å²) in [6, 6.07) is 7.27. The molecule has 0 saturated heterocycles. The Morgan fingerprint density at radius 2 is 1.40 bits per heavy atom. The van der Waals surface area contributed by atoms with Crippen LogP contribution in [0.4, 0.5) is 35.1 Å². The summed E-state index contributed by atoms with van der Waals surface area (Å²) in [6.07, 6.45) is -7.07. The Hall–Kier alpha value is -1.60. The van der Waals surface area contributed by atoms with E-state index in [2.05, 4.69) is 0 Å². The van der Waals surface area contributed by atoms with Crippen LogP contribution in [0, 0.1) is 0 Å². The van der Waals surface area contributed by atoms with Gasteiger partial charge in [0.05, 0.1) is 0 Å². The van der Waals surface area contributed by atoms with E-state index in [4.69, 9.17) is 0 Å². The molecule has 0 aromatic heterocycles. The van der Waals surface area contributed by atoms with E-state index in [9.17, 15) is 35.1 Å². The molecular formula is C12H8F8. The van der Waals surface area contributed by atoms with E-state index in [1.165, 1.54) is 24.3 Å². The third kappa shape index (κ3) is 3.10. The van der Waals surface area contributed by atoms with Crippen LogP contribution in [0.15, 0.2) is 42.2 Å². The second kappa shape index (κ2) is 5.41. The molecule has 0 unspecified atom stereocenters. The number of rotatable bonds is 4. The molecule has 1 rings (SSSR count). The molecule has 0 bridgehead atoms. The Balaban J connectivity index is 2.97. The van der Waals surface area contributed by atoms with E-state index in [-0.39, 0.29) is 11.6 Å². The molecule has 0 heterocycles. The molecule has 0 aliphatic carbocycles. The fourth-order valence-corrected chi connectivity index (χ4v) is 1.28. The standard InChI is InChI=1S/C12H8F8/c13-9(7-6-8-4-2-1-3-5-8)10(14,15)11(16,17)12(18,19)20/h1-5,7H,6H2/b9-7-. The van der Waals surface area contributed by atoms with Crippen LogP contribution in [-0.2, 0) is 6.42 Å². The first-order valence-corrected chi connectivity index (χ1v) is 5.22. The van der Waals surface area contributed by atoms with Crippen molar-refractivity contribution in [3.8, 4) is 0 Å². The number of halogens is 8. The molecule has 0 nitrogen and oxygen atoms in total. The maximum atomic E-state index is 13.0. The zero-order valence-corrected chi connectivity index (χ0v) is 9.69. The second-order valence-electron chi connectivity index (χ2n) is 3.89. The summed E-state index contributed by atoms with van der Waals surface area (Å²) >= 11 is 0. The maximum Gasteiger partial charge on any atom is 0.460 e. The Morgan fingerprint density at radius 1 is 0.900 bits per heavy atom. The number of hydrogen-bond donors (Lipinski definition) is 0. The van der Waals surface area contributed by atoms with Crippen LogP contribution in [0.3, 0.4) is 0 Å². The molecule has 0 saturated carbocycles. The quantitative estimate of drug-likeness (QED) is 0.693. The second-order valence-corrected chi connectivity index (χ2v) is 3.89. The Bertz CT molecular complexity index is 472. The lowest BCUT2D eigenvalue weighted by Gasteiger charge is -2.26. The fraction of sp³-hybridized carbons (Fsp3) is 0.333. The molecule has 0 aliphatic heterocycles. The average Bonchev–Trinajstić information content (AvgIpc) is 2.35. The largest absolute Gasteiger partial charge is 0.460 e. The summed E-state index contributed by atoms with van der Waals surface area (Å²) in [5.74, 6) is -15.2. The van der Waals surface area contributed by atoms with Crippen LogP contribution >= 0.6 is 0 Å². The zero-order valence-electron chi connectivity index (χ0n) is 9.69. The van der Waals surface area contributed by atoms with E-state index in [0.717, 1.165) is 0 Å². The normalized spacial score (nSPS) is 14.5. The topological polar surface area (TPSA) is 0 Å². The van der Waals surface area contributed by atoms with Crippen LogP contribution < -0.4 is 0 Å². The van der Waals surface area contributed by atoms with Gasteiger partial charge in [0.15, 0.2) is 5.83 Å². The van der Waals surface area contributed by atoms with E-state index >= 15 is 0 Å². The molecule has 1 aromatic carbocycles. The van der Waals surface area contributed by atoms with Crippen LogP contribution in [0.1, 0.15) is 5.56 Å². The highest BCUT2D eigenvalue weighted by Crippen LogP contribution is 2.50. The molecule has 8 heteroatoms. The van der Waals surface area contributed by atoms with Gasteiger partial charge in [0.25, 0.3) is 0 Å². The number of benzene rings is 1. The Kier molecular flexibility index (Phi) is 4.45. The summed E-state index contributed by atoms with van der Waals surface area (Å²) in [7, 11) is 0. The molecule has 112 valence electrons. The predicted molar refractivity (Wildman–Crippen MR) is 55.3 cm³/mol. The lowest BCUT2D eigenvalue weighted by atomic mass is 10.1. The number of alkyl halides is 7. The first-order valence-electron chi connectivity index (χ1n) is 5.22. The number of hydrogen-bond acceptors (Lipinski definition) is 0. The van der Waals surface area contributed by atoms with Gasteiger partial charge in [0.2, 0.25) is 0 Å². The molecule has 0 aliphatic rings. The van der Waals surface area contributed by atoms with Gasteiger partial charge in [-0.15, -0.1) is 0 Å². The number of allylic oxidation sites excluding steroid dienone is 2. The summed E-state index contributed by atoms with van der Waals surface area (Å²) < 4.78 is 99.3. The Morgan fingerprint density at radius 3 is 1.85 bits per heavy atom. The highest BCUT2D eigenvalue weighted by Gasteiger charge is 2.74. The summed E-state index contributed by atoms with van der Waals surface area (Å²) in [4.78, 5) is 0. The third-order valence-corrected chi connectivity index (χ3v) is 2.41. The molecule has 0 spiro atoms. The van der Waals surface area contributed by atoms with Crippen molar-refractivity contribution in [2.24, 2.45) is 0 Å². The molecule has 0 fully saturated rings. The summed E-state index contributed by atoms with van der Waals surface area (Å²) in [5.41, 5.74) is 0.286. The van der Waals surface area contributed by atoms with Crippen molar-refractivity contribution >= 4 is 0 Å². The van der Waals surface area contributed by atoms with Gasteiger partial charge in [-0.2, -0.15) is 30.7 Å². The van der Waals surface area contributed by atoms with Gasteiger partial charge in [-0.3, -0.25) is 0 Å². The lowest BCUT2D eigenvalue weighted by Crippen LogP contribution is -2.52. The van der Waals surface area contributed by atoms with Crippen molar-refractivity contribution in [3.05, 3.63) is 47.8 Å². The average molecular weight is 304 g/mol. The smallest absolute Gasteiger partial charge is 0.205 e. The first-order chi connectivity index (χ1) is 9.00. The van der Waals surface area contributed by atoms with Gasteiger partial charge in [0, 0.05) is 0 Å². The highest BCUT2D eigenvalue weighted by molar-refractivity contribution is 5.21. The van der Waals surface area contributed by atoms with E-state index in [1.54, 1.807) is 6.07 Å². The minimum atomic E-state index is -6.55. The van der Waals surface area contributed by atoms with E-state index < -0.39 is 30.3 Å². The summed E-state index contributed by atoms with van der Waals surface area (Å²) in [6.45, 7) is 0. The van der Waals surface area contributed by atoms with Crippen molar-refractivity contribution in [1.29, 1.82) is 0 Å². The van der Waals surface area contributed by atoms with Crippen molar-refractivity contribution < 1.29 is 35.1 Å².